The molecule has 1 fully saturated rings. The number of nitrogens with one attached hydrogen (secondary N) is 1. The van der Waals surface area contributed by atoms with Crippen LogP contribution in [0, 0.1) is 17.5 Å². The van der Waals surface area contributed by atoms with E-state index >= 15 is 0 Å². The normalized spacial score (nSPS) is 15.6. The number of amides is 1. The van der Waals surface area contributed by atoms with Crippen LogP contribution in [0.5, 0.6) is 0 Å². The Morgan fingerprint density at radius 1 is 0.935 bits per heavy atom. The molecule has 1 amide bonds. The fourth-order valence-electron chi connectivity index (χ4n) is 3.83. The molecule has 3 aromatic rings. The molecule has 1 N–H and O–H groups in total. The molecule has 4 rings (SSSR count). The van der Waals surface area contributed by atoms with Gasteiger partial charge >= 0.3 is 0 Å². The zero-order valence-electron chi connectivity index (χ0n) is 16.7. The van der Waals surface area contributed by atoms with E-state index in [0.717, 1.165) is 17.8 Å². The summed E-state index contributed by atoms with van der Waals surface area (Å²) in [6.07, 6.45) is 1.55. The molecule has 1 saturated heterocycles. The zero-order valence-corrected chi connectivity index (χ0v) is 16.7. The maximum atomic E-state index is 13.9. The van der Waals surface area contributed by atoms with Gasteiger partial charge in [0.1, 0.15) is 28.8 Å². The first-order valence-electron chi connectivity index (χ1n) is 10.0. The summed E-state index contributed by atoms with van der Waals surface area (Å²) in [5.41, 5.74) is 0.348. The second kappa shape index (κ2) is 9.26. The Morgan fingerprint density at radius 2 is 1.61 bits per heavy atom. The third-order valence-electron chi connectivity index (χ3n) is 5.46. The second-order valence-corrected chi connectivity index (χ2v) is 7.34. The van der Waals surface area contributed by atoms with Gasteiger partial charge < -0.3 is 14.6 Å². The van der Waals surface area contributed by atoms with E-state index < -0.39 is 23.1 Å². The quantitative estimate of drug-likeness (QED) is 0.644. The van der Waals surface area contributed by atoms with Crippen LogP contribution in [0.15, 0.2) is 65.3 Å². The predicted octanol–water partition coefficient (Wildman–Crippen LogP) is 3.99. The van der Waals surface area contributed by atoms with E-state index in [1.165, 1.54) is 18.2 Å². The van der Waals surface area contributed by atoms with Gasteiger partial charge in [0.25, 0.3) is 5.91 Å². The number of hydrogen-bond acceptors (Lipinski definition) is 4. The molecule has 1 atom stereocenters. The predicted molar refractivity (Wildman–Crippen MR) is 110 cm³/mol. The number of hydrogen-bond donors (Lipinski definition) is 1. The lowest BCUT2D eigenvalue weighted by atomic mass is 10.1. The number of anilines is 1. The van der Waals surface area contributed by atoms with Gasteiger partial charge in [-0.05, 0) is 48.5 Å². The van der Waals surface area contributed by atoms with E-state index in [2.05, 4.69) is 15.1 Å². The molecule has 1 aliphatic rings. The molecule has 0 bridgehead atoms. The van der Waals surface area contributed by atoms with Gasteiger partial charge in [-0.3, -0.25) is 9.69 Å². The largest absolute Gasteiger partial charge is 0.468 e. The third-order valence-corrected chi connectivity index (χ3v) is 5.46. The minimum absolute atomic E-state index is 0.136. The van der Waals surface area contributed by atoms with Crippen LogP contribution in [0.4, 0.5) is 18.9 Å². The second-order valence-electron chi connectivity index (χ2n) is 7.34. The highest BCUT2D eigenvalue weighted by Gasteiger charge is 2.28. The summed E-state index contributed by atoms with van der Waals surface area (Å²) >= 11 is 0. The zero-order chi connectivity index (χ0) is 21.8. The van der Waals surface area contributed by atoms with Gasteiger partial charge in [0.2, 0.25) is 0 Å². The van der Waals surface area contributed by atoms with Crippen molar-refractivity contribution in [3.8, 4) is 0 Å². The Balaban J connectivity index is 1.43. The van der Waals surface area contributed by atoms with Crippen molar-refractivity contribution in [2.45, 2.75) is 6.04 Å². The molecular formula is C23H22F3N3O2. The molecule has 162 valence electrons. The van der Waals surface area contributed by atoms with Crippen molar-refractivity contribution in [2.75, 3.05) is 37.6 Å². The summed E-state index contributed by atoms with van der Waals surface area (Å²) in [6, 6.07) is 13.0. The fraction of sp³-hybridized carbons (Fsp3) is 0.261. The summed E-state index contributed by atoms with van der Waals surface area (Å²) in [5, 5.41) is 2.64. The van der Waals surface area contributed by atoms with Gasteiger partial charge in [0.05, 0.1) is 12.3 Å². The Hall–Kier alpha value is -3.26. The molecule has 8 heteroatoms. The summed E-state index contributed by atoms with van der Waals surface area (Å²) in [7, 11) is 0. The van der Waals surface area contributed by atoms with Crippen molar-refractivity contribution in [3.05, 3.63) is 89.6 Å². The number of nitrogens with zero attached hydrogens (tertiary/aromatic N) is 2. The van der Waals surface area contributed by atoms with E-state index in [1.54, 1.807) is 24.5 Å². The van der Waals surface area contributed by atoms with E-state index in [1.807, 2.05) is 6.07 Å². The lowest BCUT2D eigenvalue weighted by Crippen LogP contribution is -2.50. The average Bonchev–Trinajstić information content (AvgIpc) is 3.29. The van der Waals surface area contributed by atoms with Gasteiger partial charge in [0.15, 0.2) is 0 Å². The van der Waals surface area contributed by atoms with E-state index in [-0.39, 0.29) is 18.4 Å². The van der Waals surface area contributed by atoms with Gasteiger partial charge in [-0.2, -0.15) is 0 Å². The summed E-state index contributed by atoms with van der Waals surface area (Å²) < 4.78 is 46.6. The van der Waals surface area contributed by atoms with Crippen molar-refractivity contribution >= 4 is 11.6 Å². The average molecular weight is 429 g/mol. The number of piperazine rings is 1. The molecule has 31 heavy (non-hydrogen) atoms. The number of carbonyl (C=O) groups is 1. The first kappa shape index (κ1) is 21.0. The van der Waals surface area contributed by atoms with Crippen LogP contribution in [-0.2, 0) is 0 Å². The summed E-state index contributed by atoms with van der Waals surface area (Å²) in [4.78, 5) is 16.7. The number of halogens is 3. The first-order valence-corrected chi connectivity index (χ1v) is 10.0. The minimum atomic E-state index is -0.903. The summed E-state index contributed by atoms with van der Waals surface area (Å²) in [6.45, 7) is 2.90. The lowest BCUT2D eigenvalue weighted by molar-refractivity contribution is 0.0914. The van der Waals surface area contributed by atoms with Crippen molar-refractivity contribution < 1.29 is 22.4 Å². The smallest absolute Gasteiger partial charge is 0.257 e. The maximum absolute atomic E-state index is 13.9. The first-order chi connectivity index (χ1) is 15.0. The third kappa shape index (κ3) is 4.74. The van der Waals surface area contributed by atoms with Gasteiger partial charge in [-0.15, -0.1) is 0 Å². The van der Waals surface area contributed by atoms with Crippen LogP contribution in [0.25, 0.3) is 0 Å². The molecule has 1 aromatic heterocycles. The van der Waals surface area contributed by atoms with Gasteiger partial charge in [-0.1, -0.05) is 6.07 Å². The van der Waals surface area contributed by atoms with Gasteiger partial charge in [-0.25, -0.2) is 13.2 Å². The number of rotatable bonds is 6. The Kier molecular flexibility index (Phi) is 6.27. The Bertz CT molecular complexity index is 997. The molecule has 1 aliphatic heterocycles. The minimum Gasteiger partial charge on any atom is -0.468 e. The molecule has 5 nitrogen and oxygen atoms in total. The lowest BCUT2D eigenvalue weighted by Gasteiger charge is -2.39. The number of furan rings is 1. The highest BCUT2D eigenvalue weighted by molar-refractivity contribution is 5.94. The van der Waals surface area contributed by atoms with E-state index in [0.29, 0.717) is 31.9 Å². The molecule has 0 unspecified atom stereocenters. The topological polar surface area (TPSA) is 48.7 Å². The van der Waals surface area contributed by atoms with Gasteiger partial charge in [0, 0.05) is 38.4 Å². The van der Waals surface area contributed by atoms with E-state index in [4.69, 9.17) is 4.42 Å². The van der Waals surface area contributed by atoms with E-state index in [9.17, 15) is 18.0 Å². The fourth-order valence-corrected chi connectivity index (χ4v) is 3.83. The van der Waals surface area contributed by atoms with Crippen LogP contribution >= 0.6 is 0 Å². The maximum Gasteiger partial charge on any atom is 0.257 e. The number of carbonyl (C=O) groups excluding carboxylic acids is 1. The molecule has 2 aromatic carbocycles. The SMILES string of the molecule is O=C(NC[C@@H](c1ccco1)N1CCN(c2ccc(F)cc2)CC1)c1c(F)cccc1F. The highest BCUT2D eigenvalue weighted by Crippen LogP contribution is 2.25. The van der Waals surface area contributed by atoms with Crippen molar-refractivity contribution in [2.24, 2.45) is 0 Å². The molecule has 0 saturated carbocycles. The molecule has 0 spiro atoms. The number of benzene rings is 2. The van der Waals surface area contributed by atoms with Crippen molar-refractivity contribution in [1.82, 2.24) is 10.2 Å². The Morgan fingerprint density at radius 3 is 2.23 bits per heavy atom. The molecule has 0 aliphatic carbocycles. The van der Waals surface area contributed by atoms with Crippen LogP contribution in [0.3, 0.4) is 0 Å². The standard InChI is InChI=1S/C23H22F3N3O2/c24-16-6-8-17(9-7-16)28-10-12-29(13-11-28)20(21-5-2-14-31-21)15-27-23(30)22-18(25)3-1-4-19(22)26/h1-9,14,20H,10-13,15H2,(H,27,30)/t20-/m0/s1. The molecule has 0 radical (unpaired) electrons. The van der Waals surface area contributed by atoms with Crippen LogP contribution in [0.1, 0.15) is 22.2 Å². The van der Waals surface area contributed by atoms with Crippen LogP contribution in [-0.4, -0.2) is 43.5 Å². The molecular weight excluding hydrogens is 407 g/mol. The van der Waals surface area contributed by atoms with Crippen LogP contribution < -0.4 is 10.2 Å². The highest BCUT2D eigenvalue weighted by atomic mass is 19.1. The van der Waals surface area contributed by atoms with Crippen molar-refractivity contribution in [1.29, 1.82) is 0 Å². The molecule has 2 heterocycles. The van der Waals surface area contributed by atoms with Crippen molar-refractivity contribution in [3.63, 3.8) is 0 Å². The summed E-state index contributed by atoms with van der Waals surface area (Å²) in [5.74, 6) is -2.23. The Labute approximate surface area is 178 Å². The monoisotopic (exact) mass is 429 g/mol. The van der Waals surface area contributed by atoms with Crippen LogP contribution in [0.2, 0.25) is 0 Å².